The van der Waals surface area contributed by atoms with Crippen LogP contribution in [0.15, 0.2) is 47.4 Å². The molecule has 3 rings (SSSR count). The fraction of sp³-hybridized carbons (Fsp3) is 0.471. The number of ether oxygens (including phenoxy) is 2. The number of amides is 3. The number of benzene rings is 1. The number of methoxy groups -OCH3 is 1. The van der Waals surface area contributed by atoms with E-state index < -0.39 is 35.5 Å². The van der Waals surface area contributed by atoms with Gasteiger partial charge in [-0.1, -0.05) is 40.2 Å². The molecule has 48 heavy (non-hydrogen) atoms. The zero-order chi connectivity index (χ0) is 35.6. The van der Waals surface area contributed by atoms with Gasteiger partial charge >= 0.3 is 12.2 Å². The number of unbranched alkanes of at least 4 members (excludes halogenated alkanes) is 1. The van der Waals surface area contributed by atoms with E-state index in [-0.39, 0.29) is 54.3 Å². The van der Waals surface area contributed by atoms with Crippen LogP contribution in [0.5, 0.6) is 0 Å². The van der Waals surface area contributed by atoms with Crippen molar-refractivity contribution in [2.75, 3.05) is 33.1 Å². The molecule has 2 N–H and O–H groups in total. The van der Waals surface area contributed by atoms with Crippen molar-refractivity contribution in [2.24, 2.45) is 5.41 Å². The maximum Gasteiger partial charge on any atom is 0.420 e. The first-order valence-electron chi connectivity index (χ1n) is 15.7. The summed E-state index contributed by atoms with van der Waals surface area (Å²) in [6, 6.07) is 4.46. The van der Waals surface area contributed by atoms with Crippen LogP contribution in [0, 0.1) is 11.2 Å². The Morgan fingerprint density at radius 1 is 1.17 bits per heavy atom. The number of carbonyl (C=O) groups excluding carboxylic acids is 4. The van der Waals surface area contributed by atoms with Crippen LogP contribution in [0.2, 0.25) is 0 Å². The highest BCUT2D eigenvalue weighted by Crippen LogP contribution is 2.29. The molecule has 1 aromatic carbocycles. The van der Waals surface area contributed by atoms with Crippen LogP contribution in [-0.4, -0.2) is 76.9 Å². The average molecular weight is 669 g/mol. The average Bonchev–Trinajstić information content (AvgIpc) is 3.37. The molecule has 0 saturated heterocycles. The molecular formula is C34H45FN6O7. The summed E-state index contributed by atoms with van der Waals surface area (Å²) in [5.74, 6) is -1.31. The fourth-order valence-electron chi connectivity index (χ4n) is 4.84. The first-order chi connectivity index (χ1) is 22.6. The van der Waals surface area contributed by atoms with E-state index in [4.69, 9.17) is 9.72 Å². The van der Waals surface area contributed by atoms with E-state index in [0.29, 0.717) is 23.9 Å². The van der Waals surface area contributed by atoms with Crippen LogP contribution in [-0.2, 0) is 32.0 Å². The van der Waals surface area contributed by atoms with Gasteiger partial charge < -0.3 is 29.6 Å². The van der Waals surface area contributed by atoms with Gasteiger partial charge in [-0.05, 0) is 60.9 Å². The number of likely N-dealkylation sites (N-methyl/N-ethyl adjacent to an activating group) is 1. The normalized spacial score (nSPS) is 12.2. The van der Waals surface area contributed by atoms with Gasteiger partial charge in [-0.3, -0.25) is 14.4 Å². The molecule has 0 aliphatic carbocycles. The summed E-state index contributed by atoms with van der Waals surface area (Å²) in [5.41, 5.74) is 0.335. The lowest BCUT2D eigenvalue weighted by Gasteiger charge is -2.18. The van der Waals surface area contributed by atoms with E-state index in [1.807, 2.05) is 27.7 Å². The van der Waals surface area contributed by atoms with Gasteiger partial charge in [-0.2, -0.15) is 0 Å². The predicted octanol–water partition coefficient (Wildman–Crippen LogP) is 4.85. The molecule has 1 atom stereocenters. The summed E-state index contributed by atoms with van der Waals surface area (Å²) in [5, 5.41) is 5.01. The molecule has 0 aliphatic rings. The van der Waals surface area contributed by atoms with Crippen LogP contribution in [0.4, 0.5) is 19.7 Å². The number of carbonyl (C=O) groups is 4. The Morgan fingerprint density at radius 2 is 1.90 bits per heavy atom. The van der Waals surface area contributed by atoms with Crippen LogP contribution < -0.4 is 16.2 Å². The zero-order valence-electron chi connectivity index (χ0n) is 28.6. The van der Waals surface area contributed by atoms with E-state index in [0.717, 1.165) is 13.5 Å². The molecule has 3 amide bonds. The van der Waals surface area contributed by atoms with Crippen molar-refractivity contribution in [3.63, 3.8) is 0 Å². The number of nitrogens with one attached hydrogen (secondary N) is 2. The summed E-state index contributed by atoms with van der Waals surface area (Å²) in [6.45, 7) is 7.93. The Kier molecular flexibility index (Phi) is 13.0. The Hall–Kier alpha value is -5.01. The highest BCUT2D eigenvalue weighted by Gasteiger charge is 2.25. The summed E-state index contributed by atoms with van der Waals surface area (Å²) >= 11 is 0. The third-order valence-corrected chi connectivity index (χ3v) is 7.21. The second-order valence-electron chi connectivity index (χ2n) is 12.7. The topological polar surface area (TPSA) is 154 Å². The van der Waals surface area contributed by atoms with Crippen molar-refractivity contribution in [1.82, 2.24) is 24.3 Å². The van der Waals surface area contributed by atoms with Crippen molar-refractivity contribution in [1.29, 1.82) is 0 Å². The number of halogens is 1. The molecule has 0 saturated carbocycles. The number of imidazole rings is 1. The smallest absolute Gasteiger partial charge is 0.420 e. The molecule has 3 aromatic rings. The summed E-state index contributed by atoms with van der Waals surface area (Å²) in [4.78, 5) is 70.1. The maximum absolute atomic E-state index is 14.9. The maximum atomic E-state index is 14.9. The number of fused-ring (bicyclic) bond motifs is 1. The van der Waals surface area contributed by atoms with Crippen LogP contribution in [0.1, 0.15) is 64.8 Å². The fourth-order valence-corrected chi connectivity index (χ4v) is 4.84. The van der Waals surface area contributed by atoms with Crippen molar-refractivity contribution in [3.05, 3.63) is 70.2 Å². The van der Waals surface area contributed by atoms with Gasteiger partial charge in [0.1, 0.15) is 23.4 Å². The molecule has 0 spiro atoms. The van der Waals surface area contributed by atoms with E-state index in [9.17, 15) is 28.4 Å². The molecule has 0 radical (unpaired) electrons. The van der Waals surface area contributed by atoms with Gasteiger partial charge in [0.15, 0.2) is 0 Å². The summed E-state index contributed by atoms with van der Waals surface area (Å²) in [6.07, 6.45) is 5.10. The van der Waals surface area contributed by atoms with Gasteiger partial charge in [0.25, 0.3) is 5.56 Å². The molecular weight excluding hydrogens is 623 g/mol. The largest absolute Gasteiger partial charge is 0.453 e. The number of aromatic nitrogens is 3. The Labute approximate surface area is 279 Å². The zero-order valence-corrected chi connectivity index (χ0v) is 28.6. The van der Waals surface area contributed by atoms with Gasteiger partial charge in [0, 0.05) is 26.4 Å². The molecule has 2 aromatic heterocycles. The minimum Gasteiger partial charge on any atom is -0.453 e. The minimum atomic E-state index is -1.09. The second-order valence-corrected chi connectivity index (χ2v) is 12.7. The van der Waals surface area contributed by atoms with Crippen molar-refractivity contribution >= 4 is 40.7 Å². The number of rotatable bonds is 13. The van der Waals surface area contributed by atoms with Crippen molar-refractivity contribution < 1.29 is 33.0 Å². The lowest BCUT2D eigenvalue weighted by Crippen LogP contribution is -2.44. The minimum absolute atomic E-state index is 0.0925. The first kappa shape index (κ1) is 37.4. The van der Waals surface area contributed by atoms with Crippen molar-refractivity contribution in [3.8, 4) is 0 Å². The molecule has 0 bridgehead atoms. The molecule has 1 unspecified atom stereocenters. The number of nitrogens with zero attached hydrogens (tertiary/aromatic N) is 4. The monoisotopic (exact) mass is 668 g/mol. The third-order valence-electron chi connectivity index (χ3n) is 7.21. The van der Waals surface area contributed by atoms with Crippen LogP contribution in [0.25, 0.3) is 11.0 Å². The quantitative estimate of drug-likeness (QED) is 0.194. The van der Waals surface area contributed by atoms with Crippen LogP contribution >= 0.6 is 0 Å². The second kappa shape index (κ2) is 16.7. The highest BCUT2D eigenvalue weighted by atomic mass is 19.1. The Bertz CT molecular complexity index is 1720. The molecule has 0 fully saturated rings. The lowest BCUT2D eigenvalue weighted by atomic mass is 9.87. The number of anilines is 1. The molecule has 260 valence electrons. The van der Waals surface area contributed by atoms with Crippen LogP contribution in [0.3, 0.4) is 0 Å². The standard InChI is InChI=1S/C34H45FN6O7/c1-8-9-17-48-33(46)41-26-19-23(35)18-22(20-34(2,3)4)29(26)38-27(41)21-40-16-12-14-25(31(40)44)36-30(43)24(37-32(45)47-7)13-10-11-15-28(42)39(5)6/h11-12,14-16,18-19,24H,8-10,13,17,20-21H2,1-7H3,(H,36,43)(H,37,45). The third kappa shape index (κ3) is 10.2. The van der Waals surface area contributed by atoms with E-state index >= 15 is 0 Å². The number of pyridine rings is 1. The Balaban J connectivity index is 1.96. The number of hydrogen-bond acceptors (Lipinski definition) is 8. The summed E-state index contributed by atoms with van der Waals surface area (Å²) in [7, 11) is 4.37. The van der Waals surface area contributed by atoms with Gasteiger partial charge in [0.2, 0.25) is 11.8 Å². The predicted molar refractivity (Wildman–Crippen MR) is 179 cm³/mol. The van der Waals surface area contributed by atoms with Gasteiger partial charge in [0.05, 0.1) is 31.3 Å². The van der Waals surface area contributed by atoms with Gasteiger partial charge in [-0.25, -0.2) is 23.5 Å². The SMILES string of the molecule is CCCCOC(=O)n1c(Cn2cccc(NC(=O)C(CCC=CC(=O)N(C)C)NC(=O)OC)c2=O)nc2c(CC(C)(C)C)cc(F)cc21. The summed E-state index contributed by atoms with van der Waals surface area (Å²) < 4.78 is 27.5. The van der Waals surface area contributed by atoms with E-state index in [1.165, 1.54) is 50.6 Å². The van der Waals surface area contributed by atoms with Crippen molar-refractivity contribution in [2.45, 2.75) is 72.4 Å². The highest BCUT2D eigenvalue weighted by molar-refractivity contribution is 5.96. The molecule has 2 heterocycles. The first-order valence-corrected chi connectivity index (χ1v) is 15.7. The number of alkyl carbamates (subject to hydrolysis) is 1. The molecule has 0 aliphatic heterocycles. The lowest BCUT2D eigenvalue weighted by molar-refractivity contribution is -0.123. The number of hydrogen-bond donors (Lipinski definition) is 2. The van der Waals surface area contributed by atoms with E-state index in [2.05, 4.69) is 15.4 Å². The Morgan fingerprint density at radius 3 is 2.54 bits per heavy atom. The van der Waals surface area contributed by atoms with Gasteiger partial charge in [-0.15, -0.1) is 0 Å². The van der Waals surface area contributed by atoms with E-state index in [1.54, 1.807) is 20.2 Å². The molecule has 13 nitrogen and oxygen atoms in total. The number of allylic oxidation sites excluding steroid dienone is 1. The molecule has 14 heteroatoms.